The van der Waals surface area contributed by atoms with Crippen molar-refractivity contribution in [1.82, 2.24) is 0 Å². The van der Waals surface area contributed by atoms with E-state index in [0.717, 1.165) is 24.8 Å². The Hall–Kier alpha value is -1.09. The minimum Gasteiger partial charge on any atom is -0.224 e. The molecule has 0 amide bonds. The van der Waals surface area contributed by atoms with E-state index in [0.29, 0.717) is 0 Å². The first-order valence-electron chi connectivity index (χ1n) is 7.51. The Labute approximate surface area is 123 Å². The van der Waals surface area contributed by atoms with E-state index in [4.69, 9.17) is 0 Å². The van der Waals surface area contributed by atoms with Gasteiger partial charge in [0.1, 0.15) is 0 Å². The number of sulfone groups is 1. The summed E-state index contributed by atoms with van der Waals surface area (Å²) in [5, 5.41) is 1.35. The molecular formula is C17H26O2S. The molecule has 1 aromatic rings. The van der Waals surface area contributed by atoms with Crippen LogP contribution in [0.2, 0.25) is 0 Å². The van der Waals surface area contributed by atoms with Crippen molar-refractivity contribution in [2.45, 2.75) is 52.4 Å². The van der Waals surface area contributed by atoms with Gasteiger partial charge in [-0.05, 0) is 25.0 Å². The van der Waals surface area contributed by atoms with Crippen LogP contribution in [-0.2, 0) is 9.84 Å². The maximum atomic E-state index is 11.9. The number of rotatable bonds is 9. The summed E-state index contributed by atoms with van der Waals surface area (Å²) in [6.45, 7) is 4.20. The summed E-state index contributed by atoms with van der Waals surface area (Å²) in [5.74, 6) is 0.265. The number of hydrogen-bond donors (Lipinski definition) is 0. The van der Waals surface area contributed by atoms with Crippen LogP contribution in [0.5, 0.6) is 0 Å². The predicted molar refractivity (Wildman–Crippen MR) is 87.4 cm³/mol. The van der Waals surface area contributed by atoms with E-state index >= 15 is 0 Å². The molecule has 0 heterocycles. The molecule has 0 fully saturated rings. The van der Waals surface area contributed by atoms with E-state index in [1.165, 1.54) is 30.2 Å². The zero-order chi connectivity index (χ0) is 14.8. The van der Waals surface area contributed by atoms with Gasteiger partial charge in [-0.2, -0.15) is 0 Å². The Kier molecular flexibility index (Phi) is 7.60. The fourth-order valence-corrected chi connectivity index (χ4v) is 3.12. The van der Waals surface area contributed by atoms with Crippen molar-refractivity contribution in [3.8, 4) is 0 Å². The monoisotopic (exact) mass is 294 g/mol. The highest BCUT2D eigenvalue weighted by molar-refractivity contribution is 7.94. The molecule has 0 N–H and O–H groups in total. The largest absolute Gasteiger partial charge is 0.224 e. The quantitative estimate of drug-likeness (QED) is 0.616. The first-order chi connectivity index (χ1) is 9.53. The zero-order valence-electron chi connectivity index (χ0n) is 12.6. The zero-order valence-corrected chi connectivity index (χ0v) is 13.5. The van der Waals surface area contributed by atoms with Gasteiger partial charge < -0.3 is 0 Å². The third-order valence-corrected chi connectivity index (χ3v) is 4.74. The van der Waals surface area contributed by atoms with Crippen LogP contribution in [0.1, 0.15) is 56.6 Å². The normalized spacial score (nSPS) is 12.1. The molecule has 0 unspecified atom stereocenters. The highest BCUT2D eigenvalue weighted by atomic mass is 32.2. The topological polar surface area (TPSA) is 34.1 Å². The molecule has 3 heteroatoms. The van der Waals surface area contributed by atoms with Crippen molar-refractivity contribution in [2.24, 2.45) is 0 Å². The number of unbranched alkanes of at least 4 members (excludes halogenated alkanes) is 5. The molecule has 0 aliphatic heterocycles. The lowest BCUT2D eigenvalue weighted by Crippen LogP contribution is -2.01. The minimum atomic E-state index is -3.06. The van der Waals surface area contributed by atoms with E-state index < -0.39 is 9.84 Å². The van der Waals surface area contributed by atoms with Gasteiger partial charge in [-0.1, -0.05) is 68.9 Å². The summed E-state index contributed by atoms with van der Waals surface area (Å²) in [7, 11) is -3.06. The van der Waals surface area contributed by atoms with Gasteiger partial charge in [0.25, 0.3) is 0 Å². The summed E-state index contributed by atoms with van der Waals surface area (Å²) in [4.78, 5) is 0. The molecule has 0 atom stereocenters. The van der Waals surface area contributed by atoms with Crippen LogP contribution in [0, 0.1) is 6.92 Å². The molecule has 0 radical (unpaired) electrons. The highest BCUT2D eigenvalue weighted by Crippen LogP contribution is 2.10. The first kappa shape index (κ1) is 17.0. The Morgan fingerprint density at radius 2 is 1.55 bits per heavy atom. The number of aryl methyl sites for hydroxylation is 1. The van der Waals surface area contributed by atoms with Crippen LogP contribution in [0.15, 0.2) is 29.7 Å². The SMILES string of the molecule is CCCCCCCCS(=O)(=O)/C=C/c1ccc(C)cc1. The maximum absolute atomic E-state index is 11.9. The van der Waals surface area contributed by atoms with Gasteiger partial charge in [-0.25, -0.2) is 8.42 Å². The van der Waals surface area contributed by atoms with Gasteiger partial charge >= 0.3 is 0 Å². The molecule has 1 rings (SSSR count). The van der Waals surface area contributed by atoms with Crippen molar-refractivity contribution in [2.75, 3.05) is 5.75 Å². The van der Waals surface area contributed by atoms with Crippen LogP contribution < -0.4 is 0 Å². The maximum Gasteiger partial charge on any atom is 0.171 e. The molecule has 0 aromatic heterocycles. The second kappa shape index (κ2) is 8.96. The predicted octanol–water partition coefficient (Wildman–Crippen LogP) is 4.74. The Morgan fingerprint density at radius 3 is 2.20 bits per heavy atom. The molecule has 2 nitrogen and oxygen atoms in total. The third kappa shape index (κ3) is 7.49. The smallest absolute Gasteiger partial charge is 0.171 e. The Morgan fingerprint density at radius 1 is 0.950 bits per heavy atom. The molecule has 0 saturated carbocycles. The second-order valence-electron chi connectivity index (χ2n) is 5.35. The molecule has 0 aliphatic rings. The van der Waals surface area contributed by atoms with E-state index in [1.54, 1.807) is 6.08 Å². The van der Waals surface area contributed by atoms with E-state index in [1.807, 2.05) is 31.2 Å². The van der Waals surface area contributed by atoms with Crippen LogP contribution in [0.4, 0.5) is 0 Å². The first-order valence-corrected chi connectivity index (χ1v) is 9.22. The average Bonchev–Trinajstić information content (AvgIpc) is 2.42. The van der Waals surface area contributed by atoms with Gasteiger partial charge in [-0.15, -0.1) is 0 Å². The lowest BCUT2D eigenvalue weighted by atomic mass is 10.1. The molecule has 0 aliphatic carbocycles. The molecule has 20 heavy (non-hydrogen) atoms. The fraction of sp³-hybridized carbons (Fsp3) is 0.529. The van der Waals surface area contributed by atoms with Crippen LogP contribution in [0.3, 0.4) is 0 Å². The van der Waals surface area contributed by atoms with Gasteiger partial charge in [-0.3, -0.25) is 0 Å². The molecule has 0 spiro atoms. The molecule has 0 bridgehead atoms. The van der Waals surface area contributed by atoms with Crippen LogP contribution in [0.25, 0.3) is 6.08 Å². The van der Waals surface area contributed by atoms with Crippen LogP contribution >= 0.6 is 0 Å². The van der Waals surface area contributed by atoms with E-state index in [-0.39, 0.29) is 5.75 Å². The van der Waals surface area contributed by atoms with E-state index in [2.05, 4.69) is 6.92 Å². The van der Waals surface area contributed by atoms with Crippen molar-refractivity contribution in [1.29, 1.82) is 0 Å². The fourth-order valence-electron chi connectivity index (χ4n) is 2.01. The number of hydrogen-bond acceptors (Lipinski definition) is 2. The van der Waals surface area contributed by atoms with Crippen molar-refractivity contribution < 1.29 is 8.42 Å². The summed E-state index contributed by atoms with van der Waals surface area (Å²) >= 11 is 0. The van der Waals surface area contributed by atoms with Gasteiger partial charge in [0.05, 0.1) is 5.75 Å². The van der Waals surface area contributed by atoms with Crippen molar-refractivity contribution in [3.05, 3.63) is 40.8 Å². The summed E-state index contributed by atoms with van der Waals surface area (Å²) in [6, 6.07) is 7.85. The molecule has 0 saturated heterocycles. The van der Waals surface area contributed by atoms with Gasteiger partial charge in [0, 0.05) is 5.41 Å². The second-order valence-corrected chi connectivity index (χ2v) is 7.35. The summed E-state index contributed by atoms with van der Waals surface area (Å²) in [5.41, 5.74) is 2.11. The molecular weight excluding hydrogens is 268 g/mol. The van der Waals surface area contributed by atoms with Gasteiger partial charge in [0.15, 0.2) is 9.84 Å². The number of benzene rings is 1. The third-order valence-electron chi connectivity index (χ3n) is 3.33. The molecule has 1 aromatic carbocycles. The Balaban J connectivity index is 2.35. The molecule has 112 valence electrons. The highest BCUT2D eigenvalue weighted by Gasteiger charge is 2.05. The summed E-state index contributed by atoms with van der Waals surface area (Å²) < 4.78 is 23.7. The lowest BCUT2D eigenvalue weighted by Gasteiger charge is -2.00. The van der Waals surface area contributed by atoms with Crippen molar-refractivity contribution >= 4 is 15.9 Å². The van der Waals surface area contributed by atoms with Crippen LogP contribution in [-0.4, -0.2) is 14.2 Å². The minimum absolute atomic E-state index is 0.265. The van der Waals surface area contributed by atoms with Gasteiger partial charge in [0.2, 0.25) is 0 Å². The Bertz CT molecular complexity index is 498. The van der Waals surface area contributed by atoms with E-state index in [9.17, 15) is 8.42 Å². The average molecular weight is 294 g/mol. The summed E-state index contributed by atoms with van der Waals surface area (Å²) in [6.07, 6.45) is 8.30. The lowest BCUT2D eigenvalue weighted by molar-refractivity contribution is 0.591. The van der Waals surface area contributed by atoms with Crippen molar-refractivity contribution in [3.63, 3.8) is 0 Å². The standard InChI is InChI=1S/C17H26O2S/c1-3-4-5-6-7-8-14-20(18,19)15-13-17-11-9-16(2)10-12-17/h9-13,15H,3-8,14H2,1-2H3/b15-13+.